The van der Waals surface area contributed by atoms with Crippen LogP contribution >= 0.6 is 0 Å². The molecule has 1 aliphatic rings. The molecular weight excluding hydrogens is 799 g/mol. The molecule has 1 aromatic heterocycles. The van der Waals surface area contributed by atoms with E-state index in [2.05, 4.69) is 45.9 Å². The van der Waals surface area contributed by atoms with E-state index in [0.29, 0.717) is 26.9 Å². The van der Waals surface area contributed by atoms with Gasteiger partial charge >= 0.3 is 17.1 Å². The number of benzene rings is 3. The minimum absolute atomic E-state index is 0.128. The highest BCUT2D eigenvalue weighted by atomic mass is 16.6. The van der Waals surface area contributed by atoms with Crippen LogP contribution in [0.3, 0.4) is 0 Å². The zero-order valence-electron chi connectivity index (χ0n) is 39.6. The SMILES string of the molecule is C1CCCCC1.CC.CC.COCC(C)(COC)OC.COCn1c(=O)n(CO)c(=O)n(COC)c1=O.COc1ccc(C(c2ccc(OC)cc2)c2ccc(OC)cc2)cc1. The van der Waals surface area contributed by atoms with E-state index in [1.807, 2.05) is 71.0 Å². The van der Waals surface area contributed by atoms with Crippen molar-refractivity contribution < 1.29 is 43.0 Å². The highest BCUT2D eigenvalue weighted by Gasteiger charge is 2.23. The van der Waals surface area contributed by atoms with Crippen LogP contribution in [0.1, 0.15) is 95.8 Å². The fraction of sp³-hybridized carbons (Fsp3) is 0.553. The fourth-order valence-corrected chi connectivity index (χ4v) is 6.08. The van der Waals surface area contributed by atoms with Crippen LogP contribution in [0.15, 0.2) is 87.2 Å². The summed E-state index contributed by atoms with van der Waals surface area (Å²) in [6, 6.07) is 24.6. The summed E-state index contributed by atoms with van der Waals surface area (Å²) in [6.45, 7) is 9.59. The highest BCUT2D eigenvalue weighted by Crippen LogP contribution is 2.34. The molecule has 15 nitrogen and oxygen atoms in total. The van der Waals surface area contributed by atoms with Crippen molar-refractivity contribution in [2.24, 2.45) is 0 Å². The van der Waals surface area contributed by atoms with E-state index in [9.17, 15) is 14.4 Å². The number of aliphatic hydroxyl groups is 1. The Bertz CT molecular complexity index is 1710. The average Bonchev–Trinajstić information content (AvgIpc) is 3.33. The van der Waals surface area contributed by atoms with Crippen LogP contribution in [0.5, 0.6) is 17.2 Å². The fourth-order valence-electron chi connectivity index (χ4n) is 6.08. The molecule has 0 aliphatic heterocycles. The van der Waals surface area contributed by atoms with Crippen LogP contribution in [0.25, 0.3) is 0 Å². The molecular formula is C47H75N3O12. The Balaban J connectivity index is 0.000000867. The van der Waals surface area contributed by atoms with Crippen molar-refractivity contribution in [3.05, 3.63) is 121 Å². The maximum absolute atomic E-state index is 11.7. The van der Waals surface area contributed by atoms with E-state index in [1.54, 1.807) is 42.7 Å². The number of nitrogens with zero attached hydrogens (tertiary/aromatic N) is 3. The van der Waals surface area contributed by atoms with Crippen molar-refractivity contribution in [1.82, 2.24) is 13.7 Å². The summed E-state index contributed by atoms with van der Waals surface area (Å²) in [5, 5.41) is 8.93. The Hall–Kier alpha value is -4.77. The van der Waals surface area contributed by atoms with Crippen molar-refractivity contribution in [3.8, 4) is 17.2 Å². The van der Waals surface area contributed by atoms with Gasteiger partial charge in [-0.05, 0) is 60.0 Å². The number of methoxy groups -OCH3 is 8. The molecule has 1 aliphatic carbocycles. The molecule has 15 heteroatoms. The maximum atomic E-state index is 11.7. The van der Waals surface area contributed by atoms with Gasteiger partial charge in [-0.3, -0.25) is 0 Å². The summed E-state index contributed by atoms with van der Waals surface area (Å²) in [5.41, 5.74) is 0.592. The third-order valence-electron chi connectivity index (χ3n) is 9.28. The summed E-state index contributed by atoms with van der Waals surface area (Å²) < 4.78 is 42.1. The summed E-state index contributed by atoms with van der Waals surface area (Å²) in [4.78, 5) is 35.0. The van der Waals surface area contributed by atoms with Crippen molar-refractivity contribution in [3.63, 3.8) is 0 Å². The predicted molar refractivity (Wildman–Crippen MR) is 245 cm³/mol. The number of ether oxygens (including phenoxy) is 8. The van der Waals surface area contributed by atoms with Crippen LogP contribution in [-0.4, -0.2) is 94.5 Å². The smallest absolute Gasteiger partial charge is 0.340 e. The van der Waals surface area contributed by atoms with Gasteiger partial charge in [-0.2, -0.15) is 0 Å². The zero-order valence-corrected chi connectivity index (χ0v) is 39.6. The predicted octanol–water partition coefficient (Wildman–Crippen LogP) is 7.30. The van der Waals surface area contributed by atoms with Gasteiger partial charge in [0.15, 0.2) is 0 Å². The van der Waals surface area contributed by atoms with Gasteiger partial charge < -0.3 is 43.0 Å². The second kappa shape index (κ2) is 33.8. The molecule has 350 valence electrons. The largest absolute Gasteiger partial charge is 0.497 e. The number of hydrogen-bond donors (Lipinski definition) is 1. The van der Waals surface area contributed by atoms with Crippen molar-refractivity contribution in [2.45, 2.75) is 105 Å². The second-order valence-electron chi connectivity index (χ2n) is 13.5. The second-order valence-corrected chi connectivity index (χ2v) is 13.5. The summed E-state index contributed by atoms with van der Waals surface area (Å²) in [6.07, 6.45) is 9.00. The van der Waals surface area contributed by atoms with Gasteiger partial charge in [0, 0.05) is 41.5 Å². The molecule has 0 radical (unpaired) electrons. The lowest BCUT2D eigenvalue weighted by Gasteiger charge is -2.25. The van der Waals surface area contributed by atoms with Gasteiger partial charge in [0.1, 0.15) is 43.0 Å². The van der Waals surface area contributed by atoms with Crippen LogP contribution in [-0.2, 0) is 43.9 Å². The third kappa shape index (κ3) is 19.1. The van der Waals surface area contributed by atoms with Crippen molar-refractivity contribution in [2.75, 3.05) is 70.1 Å². The molecule has 0 atom stereocenters. The quantitative estimate of drug-likeness (QED) is 0.112. The van der Waals surface area contributed by atoms with Crippen LogP contribution in [0, 0.1) is 0 Å². The van der Waals surface area contributed by atoms with Crippen LogP contribution in [0.2, 0.25) is 0 Å². The van der Waals surface area contributed by atoms with Crippen molar-refractivity contribution in [1.29, 1.82) is 0 Å². The summed E-state index contributed by atoms with van der Waals surface area (Å²) in [5.74, 6) is 2.69. The summed E-state index contributed by atoms with van der Waals surface area (Å²) in [7, 11) is 12.6. The monoisotopic (exact) mass is 874 g/mol. The van der Waals surface area contributed by atoms with Crippen molar-refractivity contribution >= 4 is 0 Å². The van der Waals surface area contributed by atoms with E-state index in [-0.39, 0.29) is 25.0 Å². The van der Waals surface area contributed by atoms with Crippen LogP contribution < -0.4 is 31.3 Å². The first-order chi connectivity index (χ1) is 30.0. The van der Waals surface area contributed by atoms with Gasteiger partial charge in [-0.1, -0.05) is 103 Å². The Morgan fingerprint density at radius 2 is 0.758 bits per heavy atom. The molecule has 3 aromatic carbocycles. The molecule has 4 aromatic rings. The van der Waals surface area contributed by atoms with Crippen LogP contribution in [0.4, 0.5) is 0 Å². The Kier molecular flexibility index (Phi) is 31.2. The lowest BCUT2D eigenvalue weighted by Crippen LogP contribution is -2.54. The molecule has 0 spiro atoms. The van der Waals surface area contributed by atoms with E-state index >= 15 is 0 Å². The molecule has 0 saturated heterocycles. The molecule has 62 heavy (non-hydrogen) atoms. The number of hydrogen-bond acceptors (Lipinski definition) is 12. The van der Waals surface area contributed by atoms with E-state index in [4.69, 9.17) is 33.5 Å². The Labute approximate surface area is 369 Å². The average molecular weight is 874 g/mol. The first kappa shape index (κ1) is 57.2. The highest BCUT2D eigenvalue weighted by molar-refractivity contribution is 5.46. The molecule has 1 fully saturated rings. The number of aromatic nitrogens is 3. The molecule has 1 heterocycles. The minimum atomic E-state index is -0.934. The molecule has 1 saturated carbocycles. The Morgan fingerprint density at radius 3 is 0.968 bits per heavy atom. The molecule has 1 N–H and O–H groups in total. The lowest BCUT2D eigenvalue weighted by atomic mass is 9.85. The standard InChI is InChI=1S/C22H22O3.C8H13N3O6.C7H16O3.C6H12.2C2H6/c1-23-19-10-4-16(5-11-19)22(17-6-12-20(24-2)13-7-17)18-8-14-21(25-3)15-9-18;1-16-4-10-6(13)9(3-12)7(14)11(5-17-2)8(10)15;1-7(10-4,5-8-2)6-9-3;1-2-4-6-5-3-1;2*1-2/h4-15,22H,1-3H3;12H,3-5H2,1-2H3;5-6H2,1-4H3;1-6H2;2*1-2H3. The van der Waals surface area contributed by atoms with Gasteiger partial charge in [-0.15, -0.1) is 0 Å². The number of aliphatic hydroxyl groups excluding tert-OH is 1. The summed E-state index contributed by atoms with van der Waals surface area (Å²) >= 11 is 0. The zero-order chi connectivity index (χ0) is 46.9. The first-order valence-corrected chi connectivity index (χ1v) is 21.0. The lowest BCUT2D eigenvalue weighted by molar-refractivity contribution is -0.0906. The van der Waals surface area contributed by atoms with E-state index in [1.165, 1.54) is 69.4 Å². The van der Waals surface area contributed by atoms with E-state index in [0.717, 1.165) is 17.2 Å². The van der Waals surface area contributed by atoms with Gasteiger partial charge in [0.25, 0.3) is 0 Å². The normalized spacial score (nSPS) is 11.7. The maximum Gasteiger partial charge on any atom is 0.340 e. The Morgan fingerprint density at radius 1 is 0.484 bits per heavy atom. The molecule has 5 rings (SSSR count). The molecule has 0 bridgehead atoms. The van der Waals surface area contributed by atoms with Gasteiger partial charge in [0.05, 0.1) is 34.5 Å². The number of rotatable bonds is 16. The topological polar surface area (TPSA) is 160 Å². The van der Waals surface area contributed by atoms with Gasteiger partial charge in [-0.25, -0.2) is 28.1 Å². The first-order valence-electron chi connectivity index (χ1n) is 21.0. The minimum Gasteiger partial charge on any atom is -0.497 e. The molecule has 0 amide bonds. The van der Waals surface area contributed by atoms with E-state index < -0.39 is 23.8 Å². The third-order valence-corrected chi connectivity index (χ3v) is 9.28. The molecule has 0 unspecified atom stereocenters. The van der Waals surface area contributed by atoms with Gasteiger partial charge in [0.2, 0.25) is 0 Å².